The van der Waals surface area contributed by atoms with E-state index in [1.165, 1.54) is 4.90 Å². The van der Waals surface area contributed by atoms with Crippen molar-refractivity contribution in [2.75, 3.05) is 13.6 Å². The molecule has 0 spiro atoms. The van der Waals surface area contributed by atoms with Gasteiger partial charge in [-0.2, -0.15) is 0 Å². The third-order valence-electron chi connectivity index (χ3n) is 4.36. The fourth-order valence-electron chi connectivity index (χ4n) is 1.70. The second-order valence-corrected chi connectivity index (χ2v) is 13.7. The molecule has 1 amide bonds. The molecule has 0 saturated carbocycles. The summed E-state index contributed by atoms with van der Waals surface area (Å²) in [5, 5.41) is 9.34. The van der Waals surface area contributed by atoms with Gasteiger partial charge in [-0.1, -0.05) is 20.8 Å². The monoisotopic (exact) mass is 361 g/mol. The highest BCUT2D eigenvalue weighted by atomic mass is 28.4. The third kappa shape index (κ3) is 7.21. The molecule has 0 aliphatic rings. The number of carboxylic acids is 1. The number of nitrogens with zero attached hydrogens (tertiary/aromatic N) is 1. The van der Waals surface area contributed by atoms with Gasteiger partial charge in [0, 0.05) is 13.6 Å². The quantitative estimate of drug-likeness (QED) is 0.725. The summed E-state index contributed by atoms with van der Waals surface area (Å²) < 4.78 is 11.6. The van der Waals surface area contributed by atoms with E-state index in [0.717, 1.165) is 0 Å². The van der Waals surface area contributed by atoms with Gasteiger partial charge in [-0.15, -0.1) is 0 Å². The highest BCUT2D eigenvalue weighted by Gasteiger charge is 2.42. The Labute approximate surface area is 147 Å². The first-order valence-electron chi connectivity index (χ1n) is 8.32. The number of ether oxygens (including phenoxy) is 1. The van der Waals surface area contributed by atoms with Crippen LogP contribution in [0.2, 0.25) is 18.1 Å². The molecule has 0 aliphatic heterocycles. The number of rotatable bonds is 6. The molecular weight excluding hydrogens is 326 g/mol. The van der Waals surface area contributed by atoms with E-state index in [4.69, 9.17) is 9.16 Å². The van der Waals surface area contributed by atoms with E-state index in [1.807, 2.05) is 0 Å². The minimum atomic E-state index is -2.17. The number of hydrogen-bond acceptors (Lipinski definition) is 4. The molecule has 0 aromatic heterocycles. The summed E-state index contributed by atoms with van der Waals surface area (Å²) in [6.45, 7) is 17.6. The second kappa shape index (κ2) is 7.87. The van der Waals surface area contributed by atoms with Gasteiger partial charge < -0.3 is 19.2 Å². The predicted octanol–water partition coefficient (Wildman–Crippen LogP) is 3.96. The van der Waals surface area contributed by atoms with Crippen molar-refractivity contribution >= 4 is 20.4 Å². The number of aliphatic carboxylic acids is 1. The van der Waals surface area contributed by atoms with E-state index >= 15 is 0 Å². The first kappa shape index (κ1) is 22.9. The van der Waals surface area contributed by atoms with Crippen LogP contribution in [0.4, 0.5) is 4.79 Å². The zero-order valence-corrected chi connectivity index (χ0v) is 17.9. The van der Waals surface area contributed by atoms with E-state index in [0.29, 0.717) is 0 Å². The van der Waals surface area contributed by atoms with Crippen molar-refractivity contribution in [1.29, 1.82) is 0 Å². The summed E-state index contributed by atoms with van der Waals surface area (Å²) >= 11 is 0. The zero-order chi connectivity index (χ0) is 19.5. The molecule has 0 rings (SSSR count). The lowest BCUT2D eigenvalue weighted by Gasteiger charge is -2.41. The highest BCUT2D eigenvalue weighted by molar-refractivity contribution is 6.74. The van der Waals surface area contributed by atoms with E-state index in [1.54, 1.807) is 34.7 Å². The van der Waals surface area contributed by atoms with Crippen LogP contribution in [-0.2, 0) is 14.0 Å². The van der Waals surface area contributed by atoms with E-state index < -0.39 is 38.0 Å². The first-order chi connectivity index (χ1) is 10.5. The van der Waals surface area contributed by atoms with Gasteiger partial charge in [0.1, 0.15) is 5.60 Å². The number of likely N-dealkylation sites (N-methyl/N-ethyl adjacent to an activating group) is 1. The van der Waals surface area contributed by atoms with Gasteiger partial charge >= 0.3 is 12.1 Å². The van der Waals surface area contributed by atoms with Crippen LogP contribution in [0.25, 0.3) is 0 Å². The molecular formula is C17H35NO5Si. The summed E-state index contributed by atoms with van der Waals surface area (Å²) in [5.74, 6) is -1.65. The molecule has 6 nitrogen and oxygen atoms in total. The van der Waals surface area contributed by atoms with Crippen molar-refractivity contribution in [2.45, 2.75) is 78.3 Å². The van der Waals surface area contributed by atoms with Gasteiger partial charge in [0.05, 0.1) is 12.0 Å². The number of carbonyl (C=O) groups is 2. The minimum Gasteiger partial charge on any atom is -0.481 e. The zero-order valence-electron chi connectivity index (χ0n) is 16.9. The van der Waals surface area contributed by atoms with Crippen molar-refractivity contribution in [3.63, 3.8) is 0 Å². The lowest BCUT2D eigenvalue weighted by molar-refractivity contribution is -0.144. The third-order valence-corrected chi connectivity index (χ3v) is 8.86. The molecule has 7 heteroatoms. The number of amides is 1. The molecule has 142 valence electrons. The topological polar surface area (TPSA) is 76.1 Å². The SMILES string of the molecule is CC(C(=O)O)C(CN(C)C(=O)OC(C)(C)C)O[Si](C)(C)C(C)(C)C. The molecule has 1 N–H and O–H groups in total. The van der Waals surface area contributed by atoms with Crippen molar-refractivity contribution in [1.82, 2.24) is 4.90 Å². The summed E-state index contributed by atoms with van der Waals surface area (Å²) in [7, 11) is -0.565. The fraction of sp³-hybridized carbons (Fsp3) is 0.882. The highest BCUT2D eigenvalue weighted by Crippen LogP contribution is 2.38. The van der Waals surface area contributed by atoms with Gasteiger partial charge in [0.2, 0.25) is 0 Å². The second-order valence-electron chi connectivity index (χ2n) is 8.90. The Morgan fingerprint density at radius 2 is 1.58 bits per heavy atom. The molecule has 0 aliphatic carbocycles. The van der Waals surface area contributed by atoms with Crippen LogP contribution in [0.3, 0.4) is 0 Å². The van der Waals surface area contributed by atoms with Crippen LogP contribution in [0.5, 0.6) is 0 Å². The smallest absolute Gasteiger partial charge is 0.410 e. The summed E-state index contributed by atoms with van der Waals surface area (Å²) in [6, 6.07) is 0. The maximum absolute atomic E-state index is 12.2. The van der Waals surface area contributed by atoms with Crippen LogP contribution in [0, 0.1) is 5.92 Å². The average Bonchev–Trinajstić information content (AvgIpc) is 2.32. The lowest BCUT2D eigenvalue weighted by Crippen LogP contribution is -2.50. The number of carbonyl (C=O) groups excluding carboxylic acids is 1. The van der Waals surface area contributed by atoms with Crippen LogP contribution >= 0.6 is 0 Å². The Morgan fingerprint density at radius 1 is 1.12 bits per heavy atom. The molecule has 0 aromatic rings. The van der Waals surface area contributed by atoms with Gasteiger partial charge in [0.25, 0.3) is 0 Å². The molecule has 2 unspecified atom stereocenters. The van der Waals surface area contributed by atoms with Gasteiger partial charge in [-0.25, -0.2) is 4.79 Å². The Morgan fingerprint density at radius 3 is 1.92 bits per heavy atom. The summed E-state index contributed by atoms with van der Waals surface area (Å²) in [5.41, 5.74) is -0.598. The average molecular weight is 362 g/mol. The molecule has 0 radical (unpaired) electrons. The Balaban J connectivity index is 5.24. The molecule has 24 heavy (non-hydrogen) atoms. The number of carboxylic acid groups (broad SMARTS) is 1. The van der Waals surface area contributed by atoms with E-state index in [-0.39, 0.29) is 11.6 Å². The molecule has 0 saturated heterocycles. The van der Waals surface area contributed by atoms with Crippen molar-refractivity contribution in [3.05, 3.63) is 0 Å². The van der Waals surface area contributed by atoms with Gasteiger partial charge in [0.15, 0.2) is 8.32 Å². The maximum Gasteiger partial charge on any atom is 0.410 e. The van der Waals surface area contributed by atoms with Crippen LogP contribution in [-0.4, -0.2) is 55.7 Å². The predicted molar refractivity (Wildman–Crippen MR) is 97.7 cm³/mol. The largest absolute Gasteiger partial charge is 0.481 e. The molecule has 0 aromatic carbocycles. The lowest BCUT2D eigenvalue weighted by atomic mass is 10.1. The normalized spacial score (nSPS) is 15.6. The van der Waals surface area contributed by atoms with Gasteiger partial charge in [-0.05, 0) is 45.8 Å². The molecule has 0 heterocycles. The van der Waals surface area contributed by atoms with Gasteiger partial charge in [-0.3, -0.25) is 4.79 Å². The minimum absolute atomic E-state index is 0.0477. The van der Waals surface area contributed by atoms with Crippen molar-refractivity contribution in [2.24, 2.45) is 5.92 Å². The standard InChI is InChI=1S/C17H35NO5Si/c1-12(14(19)20)13(23-24(9,10)17(5,6)7)11-18(8)15(21)22-16(2,3)4/h12-13H,11H2,1-10H3,(H,19,20). The summed E-state index contributed by atoms with van der Waals surface area (Å²) in [6.07, 6.45) is -1.06. The van der Waals surface area contributed by atoms with E-state index in [2.05, 4.69) is 33.9 Å². The Hall–Kier alpha value is -1.08. The fourth-order valence-corrected chi connectivity index (χ4v) is 3.09. The Bertz CT molecular complexity index is 451. The van der Waals surface area contributed by atoms with Crippen LogP contribution in [0.1, 0.15) is 48.5 Å². The number of hydrogen-bond donors (Lipinski definition) is 1. The van der Waals surface area contributed by atoms with Crippen molar-refractivity contribution < 1.29 is 23.9 Å². The van der Waals surface area contributed by atoms with Crippen molar-refractivity contribution in [3.8, 4) is 0 Å². The van der Waals surface area contributed by atoms with Crippen LogP contribution in [0.15, 0.2) is 0 Å². The first-order valence-corrected chi connectivity index (χ1v) is 11.2. The van der Waals surface area contributed by atoms with Crippen LogP contribution < -0.4 is 0 Å². The maximum atomic E-state index is 12.2. The summed E-state index contributed by atoms with van der Waals surface area (Å²) in [4.78, 5) is 25.0. The Kier molecular flexibility index (Phi) is 7.51. The molecule has 2 atom stereocenters. The molecule has 0 bridgehead atoms. The van der Waals surface area contributed by atoms with E-state index in [9.17, 15) is 14.7 Å². The molecule has 0 fully saturated rings.